The molecule has 0 aromatic heterocycles. The number of hydrogen-bond donors (Lipinski definition) is 1. The summed E-state index contributed by atoms with van der Waals surface area (Å²) in [7, 11) is 0. The van der Waals surface area contributed by atoms with Gasteiger partial charge < -0.3 is 15.4 Å². The smallest absolute Gasteiger partial charge is 0.253 e. The third-order valence-corrected chi connectivity index (χ3v) is 3.46. The summed E-state index contributed by atoms with van der Waals surface area (Å²) in [5, 5.41) is 0. The molecule has 0 radical (unpaired) electrons. The maximum absolute atomic E-state index is 12.4. The van der Waals surface area contributed by atoms with E-state index in [1.54, 1.807) is 17.0 Å². The van der Waals surface area contributed by atoms with E-state index in [-0.39, 0.29) is 11.8 Å². The highest BCUT2D eigenvalue weighted by molar-refractivity contribution is 7.80. The normalized spacial score (nSPS) is 11.8. The first-order chi connectivity index (χ1) is 9.49. The van der Waals surface area contributed by atoms with Crippen LogP contribution in [-0.2, 0) is 0 Å². The Hall–Kier alpha value is -1.62. The minimum atomic E-state index is -0.0151. The molecular weight excluding hydrogens is 272 g/mol. The van der Waals surface area contributed by atoms with Gasteiger partial charge in [0.25, 0.3) is 5.91 Å². The Morgan fingerprint density at radius 1 is 1.35 bits per heavy atom. The van der Waals surface area contributed by atoms with E-state index in [2.05, 4.69) is 0 Å². The lowest BCUT2D eigenvalue weighted by Crippen LogP contribution is -2.38. The average molecular weight is 294 g/mol. The number of carbonyl (C=O) groups excluding carboxylic acids is 1. The number of ether oxygens (including phenoxy) is 1. The molecule has 5 heteroatoms. The van der Waals surface area contributed by atoms with Crippen LogP contribution < -0.4 is 10.5 Å². The molecule has 1 aromatic carbocycles. The van der Waals surface area contributed by atoms with Crippen molar-refractivity contribution in [1.82, 2.24) is 4.90 Å². The van der Waals surface area contributed by atoms with Crippen molar-refractivity contribution in [2.45, 2.75) is 20.8 Å². The van der Waals surface area contributed by atoms with E-state index >= 15 is 0 Å². The van der Waals surface area contributed by atoms with Gasteiger partial charge in [0, 0.05) is 24.6 Å². The van der Waals surface area contributed by atoms with E-state index in [1.165, 1.54) is 0 Å². The molecule has 1 unspecified atom stereocenters. The fraction of sp³-hybridized carbons (Fsp3) is 0.467. The first kappa shape index (κ1) is 16.4. The fourth-order valence-electron chi connectivity index (χ4n) is 1.82. The summed E-state index contributed by atoms with van der Waals surface area (Å²) in [4.78, 5) is 14.6. The second kappa shape index (κ2) is 7.85. The molecule has 0 spiro atoms. The van der Waals surface area contributed by atoms with Crippen molar-refractivity contribution < 1.29 is 9.53 Å². The molecule has 0 aliphatic heterocycles. The highest BCUT2D eigenvalue weighted by Gasteiger charge is 2.17. The summed E-state index contributed by atoms with van der Waals surface area (Å²) in [6.45, 7) is 7.57. The molecule has 0 fully saturated rings. The van der Waals surface area contributed by atoms with Gasteiger partial charge in [0.15, 0.2) is 0 Å². The number of rotatable bonds is 7. The van der Waals surface area contributed by atoms with Crippen molar-refractivity contribution in [3.8, 4) is 5.75 Å². The minimum absolute atomic E-state index is 0.0107. The molecule has 1 amide bonds. The summed E-state index contributed by atoms with van der Waals surface area (Å²) >= 11 is 4.96. The predicted molar refractivity (Wildman–Crippen MR) is 85.1 cm³/mol. The minimum Gasteiger partial charge on any atom is -0.494 e. The molecule has 4 nitrogen and oxygen atoms in total. The van der Waals surface area contributed by atoms with E-state index in [1.807, 2.05) is 32.9 Å². The van der Waals surface area contributed by atoms with Gasteiger partial charge in [0.2, 0.25) is 0 Å². The number of thiocarbonyl (C=S) groups is 1. The zero-order valence-corrected chi connectivity index (χ0v) is 13.1. The summed E-state index contributed by atoms with van der Waals surface area (Å²) < 4.78 is 5.36. The highest BCUT2D eigenvalue weighted by atomic mass is 32.1. The fourth-order valence-corrected chi connectivity index (χ4v) is 1.89. The van der Waals surface area contributed by atoms with Gasteiger partial charge in [-0.3, -0.25) is 4.79 Å². The molecule has 1 atom stereocenters. The van der Waals surface area contributed by atoms with Gasteiger partial charge in [-0.2, -0.15) is 0 Å². The van der Waals surface area contributed by atoms with Crippen LogP contribution in [0, 0.1) is 5.92 Å². The molecule has 0 saturated heterocycles. The van der Waals surface area contributed by atoms with Crippen molar-refractivity contribution in [3.63, 3.8) is 0 Å². The van der Waals surface area contributed by atoms with Crippen molar-refractivity contribution in [1.29, 1.82) is 0 Å². The zero-order valence-electron chi connectivity index (χ0n) is 12.3. The van der Waals surface area contributed by atoms with E-state index in [0.717, 1.165) is 5.75 Å². The molecular formula is C15H22N2O2S. The van der Waals surface area contributed by atoms with Crippen molar-refractivity contribution in [2.24, 2.45) is 11.7 Å². The number of carbonyl (C=O) groups is 1. The predicted octanol–water partition coefficient (Wildman–Crippen LogP) is 2.47. The van der Waals surface area contributed by atoms with Crippen LogP contribution >= 0.6 is 12.2 Å². The first-order valence-corrected chi connectivity index (χ1v) is 7.21. The molecule has 20 heavy (non-hydrogen) atoms. The van der Waals surface area contributed by atoms with E-state index in [9.17, 15) is 4.79 Å². The third-order valence-electron chi connectivity index (χ3n) is 3.06. The molecule has 0 aliphatic carbocycles. The summed E-state index contributed by atoms with van der Waals surface area (Å²) in [6, 6.07) is 7.17. The summed E-state index contributed by atoms with van der Waals surface area (Å²) in [5.41, 5.74) is 6.25. The number of hydrogen-bond acceptors (Lipinski definition) is 3. The van der Waals surface area contributed by atoms with Crippen LogP contribution in [0.4, 0.5) is 0 Å². The van der Waals surface area contributed by atoms with Gasteiger partial charge in [-0.25, -0.2) is 0 Å². The van der Waals surface area contributed by atoms with Crippen LogP contribution in [0.1, 0.15) is 31.1 Å². The van der Waals surface area contributed by atoms with Crippen LogP contribution in [0.25, 0.3) is 0 Å². The maximum Gasteiger partial charge on any atom is 0.253 e. The van der Waals surface area contributed by atoms with Crippen LogP contribution in [-0.4, -0.2) is 35.5 Å². The van der Waals surface area contributed by atoms with Crippen LogP contribution in [0.5, 0.6) is 5.75 Å². The van der Waals surface area contributed by atoms with E-state index in [0.29, 0.717) is 30.2 Å². The van der Waals surface area contributed by atoms with Crippen molar-refractivity contribution in [2.75, 3.05) is 19.7 Å². The SMILES string of the molecule is CCOc1ccc(C(=O)N(CC)CC(C)C(N)=S)cc1. The average Bonchev–Trinajstić information content (AvgIpc) is 2.44. The van der Waals surface area contributed by atoms with Gasteiger partial charge in [-0.15, -0.1) is 0 Å². The Balaban J connectivity index is 2.77. The summed E-state index contributed by atoms with van der Waals surface area (Å²) in [6.07, 6.45) is 0. The van der Waals surface area contributed by atoms with Gasteiger partial charge in [0.1, 0.15) is 5.75 Å². The lowest BCUT2D eigenvalue weighted by molar-refractivity contribution is 0.0755. The zero-order chi connectivity index (χ0) is 15.1. The standard InChI is InChI=1S/C15H22N2O2S/c1-4-17(10-11(3)14(16)20)15(18)12-6-8-13(9-7-12)19-5-2/h6-9,11H,4-5,10H2,1-3H3,(H2,16,20). The highest BCUT2D eigenvalue weighted by Crippen LogP contribution is 2.14. The van der Waals surface area contributed by atoms with Crippen LogP contribution in [0.15, 0.2) is 24.3 Å². The van der Waals surface area contributed by atoms with E-state index in [4.69, 9.17) is 22.7 Å². The molecule has 0 saturated carbocycles. The molecule has 1 aromatic rings. The Bertz CT molecular complexity index is 459. The Kier molecular flexibility index (Phi) is 6.45. The molecule has 1 rings (SSSR count). The Morgan fingerprint density at radius 3 is 2.40 bits per heavy atom. The topological polar surface area (TPSA) is 55.6 Å². The van der Waals surface area contributed by atoms with Crippen LogP contribution in [0.3, 0.4) is 0 Å². The summed E-state index contributed by atoms with van der Waals surface area (Å²) in [5.74, 6) is 0.763. The van der Waals surface area contributed by atoms with Gasteiger partial charge in [0.05, 0.1) is 11.6 Å². The van der Waals surface area contributed by atoms with Crippen LogP contribution in [0.2, 0.25) is 0 Å². The van der Waals surface area contributed by atoms with Gasteiger partial charge >= 0.3 is 0 Å². The quantitative estimate of drug-likeness (QED) is 0.785. The maximum atomic E-state index is 12.4. The van der Waals surface area contributed by atoms with E-state index < -0.39 is 0 Å². The van der Waals surface area contributed by atoms with Gasteiger partial charge in [-0.1, -0.05) is 19.1 Å². The first-order valence-electron chi connectivity index (χ1n) is 6.81. The number of nitrogens with zero attached hydrogens (tertiary/aromatic N) is 1. The van der Waals surface area contributed by atoms with Crippen molar-refractivity contribution >= 4 is 23.1 Å². The molecule has 0 heterocycles. The molecule has 0 bridgehead atoms. The lowest BCUT2D eigenvalue weighted by Gasteiger charge is -2.24. The Morgan fingerprint density at radius 2 is 1.95 bits per heavy atom. The van der Waals surface area contributed by atoms with Crippen molar-refractivity contribution in [3.05, 3.63) is 29.8 Å². The monoisotopic (exact) mass is 294 g/mol. The third kappa shape index (κ3) is 4.49. The second-order valence-electron chi connectivity index (χ2n) is 4.60. The molecule has 110 valence electrons. The number of nitrogens with two attached hydrogens (primary N) is 1. The van der Waals surface area contributed by atoms with Gasteiger partial charge in [-0.05, 0) is 38.1 Å². The number of amides is 1. The second-order valence-corrected chi connectivity index (χ2v) is 5.08. The largest absolute Gasteiger partial charge is 0.494 e. The molecule has 2 N–H and O–H groups in total. The molecule has 0 aliphatic rings. The number of benzene rings is 1. The Labute approximate surface area is 125 Å². The lowest BCUT2D eigenvalue weighted by atomic mass is 10.1.